The van der Waals surface area contributed by atoms with E-state index in [2.05, 4.69) is 23.5 Å². The molecule has 1 heterocycles. The Labute approximate surface area is 103 Å². The Balaban J connectivity index is 2.09. The van der Waals surface area contributed by atoms with Crippen LogP contribution in [0.15, 0.2) is 18.2 Å². The van der Waals surface area contributed by atoms with Crippen LogP contribution in [0.25, 0.3) is 0 Å². The van der Waals surface area contributed by atoms with Crippen LogP contribution in [-0.2, 0) is 11.8 Å². The van der Waals surface area contributed by atoms with E-state index >= 15 is 0 Å². The molecule has 0 aromatic heterocycles. The molecule has 0 amide bonds. The summed E-state index contributed by atoms with van der Waals surface area (Å²) in [6.07, 6.45) is 6.57. The van der Waals surface area contributed by atoms with Crippen molar-refractivity contribution >= 4 is 0 Å². The summed E-state index contributed by atoms with van der Waals surface area (Å²) in [5.74, 6) is 1.01. The molecule has 3 rings (SSSR count). The zero-order valence-corrected chi connectivity index (χ0v) is 10.6. The van der Waals surface area contributed by atoms with E-state index in [0.29, 0.717) is 5.41 Å². The summed E-state index contributed by atoms with van der Waals surface area (Å²) in [5.41, 5.74) is 3.47. The Morgan fingerprint density at radius 1 is 1.24 bits per heavy atom. The topological polar surface area (TPSA) is 21.3 Å². The van der Waals surface area contributed by atoms with Crippen LogP contribution in [-0.4, -0.2) is 20.2 Å². The maximum absolute atomic E-state index is 5.40. The monoisotopic (exact) mass is 231 g/mol. The molecule has 1 aliphatic carbocycles. The quantitative estimate of drug-likeness (QED) is 0.802. The summed E-state index contributed by atoms with van der Waals surface area (Å²) in [6, 6.07) is 6.65. The number of ether oxygens (including phenoxy) is 1. The molecule has 0 radical (unpaired) electrons. The van der Waals surface area contributed by atoms with E-state index in [9.17, 15) is 0 Å². The number of nitrogens with one attached hydrogen (secondary N) is 1. The van der Waals surface area contributed by atoms with Gasteiger partial charge in [0, 0.05) is 12.0 Å². The first-order valence-corrected chi connectivity index (χ1v) is 6.72. The van der Waals surface area contributed by atoms with Gasteiger partial charge in [-0.15, -0.1) is 0 Å². The largest absolute Gasteiger partial charge is 0.497 e. The molecular formula is C15H21NO. The van der Waals surface area contributed by atoms with E-state index in [-0.39, 0.29) is 0 Å². The molecule has 1 aromatic rings. The number of hydrogen-bond donors (Lipinski definition) is 1. The van der Waals surface area contributed by atoms with Crippen LogP contribution in [0.2, 0.25) is 0 Å². The lowest BCUT2D eigenvalue weighted by atomic mass is 9.77. The average Bonchev–Trinajstić information content (AvgIpc) is 2.76. The summed E-state index contributed by atoms with van der Waals surface area (Å²) >= 11 is 0. The van der Waals surface area contributed by atoms with Gasteiger partial charge in [0.2, 0.25) is 0 Å². The SMILES string of the molecule is COc1ccc2c(c1)C1(CCCC1)CNCC2. The minimum absolute atomic E-state index is 0.389. The fourth-order valence-corrected chi connectivity index (χ4v) is 3.54. The van der Waals surface area contributed by atoms with Gasteiger partial charge in [-0.05, 0) is 49.1 Å². The Bertz CT molecular complexity index is 407. The highest BCUT2D eigenvalue weighted by Gasteiger charge is 2.38. The first kappa shape index (κ1) is 11.1. The number of benzene rings is 1. The maximum Gasteiger partial charge on any atom is 0.119 e. The molecule has 0 bridgehead atoms. The molecule has 2 nitrogen and oxygen atoms in total. The van der Waals surface area contributed by atoms with Gasteiger partial charge in [0.1, 0.15) is 5.75 Å². The van der Waals surface area contributed by atoms with Crippen molar-refractivity contribution in [3.63, 3.8) is 0 Å². The molecule has 0 atom stereocenters. The molecule has 17 heavy (non-hydrogen) atoms. The second kappa shape index (κ2) is 4.34. The van der Waals surface area contributed by atoms with Crippen molar-refractivity contribution in [2.24, 2.45) is 0 Å². The first-order valence-electron chi connectivity index (χ1n) is 6.72. The highest BCUT2D eigenvalue weighted by molar-refractivity contribution is 5.42. The van der Waals surface area contributed by atoms with Crippen LogP contribution in [0, 0.1) is 0 Å². The fraction of sp³-hybridized carbons (Fsp3) is 0.600. The van der Waals surface area contributed by atoms with Crippen LogP contribution in [0.1, 0.15) is 36.8 Å². The minimum Gasteiger partial charge on any atom is -0.497 e. The predicted octanol–water partition coefficient (Wildman–Crippen LogP) is 2.65. The first-order chi connectivity index (χ1) is 8.34. The summed E-state index contributed by atoms with van der Waals surface area (Å²) in [7, 11) is 1.76. The van der Waals surface area contributed by atoms with Gasteiger partial charge in [-0.2, -0.15) is 0 Å². The van der Waals surface area contributed by atoms with Gasteiger partial charge in [0.15, 0.2) is 0 Å². The van der Waals surface area contributed by atoms with E-state index < -0.39 is 0 Å². The molecule has 1 saturated carbocycles. The number of fused-ring (bicyclic) bond motifs is 2. The average molecular weight is 231 g/mol. The Hall–Kier alpha value is -1.02. The van der Waals surface area contributed by atoms with Crippen molar-refractivity contribution in [3.8, 4) is 5.75 Å². The molecule has 0 saturated heterocycles. The Kier molecular flexibility index (Phi) is 2.83. The molecule has 2 heteroatoms. The molecular weight excluding hydrogens is 210 g/mol. The normalized spacial score (nSPS) is 22.2. The van der Waals surface area contributed by atoms with Crippen LogP contribution in [0.4, 0.5) is 0 Å². The van der Waals surface area contributed by atoms with Gasteiger partial charge >= 0.3 is 0 Å². The molecule has 2 aliphatic rings. The van der Waals surface area contributed by atoms with Gasteiger partial charge in [-0.25, -0.2) is 0 Å². The van der Waals surface area contributed by atoms with Crippen LogP contribution < -0.4 is 10.1 Å². The predicted molar refractivity (Wildman–Crippen MR) is 69.7 cm³/mol. The van der Waals surface area contributed by atoms with E-state index in [4.69, 9.17) is 4.74 Å². The van der Waals surface area contributed by atoms with Crippen LogP contribution in [0.5, 0.6) is 5.75 Å². The summed E-state index contributed by atoms with van der Waals surface area (Å²) in [4.78, 5) is 0. The Morgan fingerprint density at radius 3 is 2.82 bits per heavy atom. The van der Waals surface area contributed by atoms with Crippen molar-refractivity contribution in [2.75, 3.05) is 20.2 Å². The zero-order valence-electron chi connectivity index (χ0n) is 10.6. The molecule has 1 N–H and O–H groups in total. The summed E-state index contributed by atoms with van der Waals surface area (Å²) < 4.78 is 5.40. The van der Waals surface area contributed by atoms with E-state index in [0.717, 1.165) is 25.3 Å². The zero-order chi connectivity index (χ0) is 11.7. The lowest BCUT2D eigenvalue weighted by Gasteiger charge is -2.30. The van der Waals surface area contributed by atoms with Gasteiger partial charge in [0.25, 0.3) is 0 Å². The van der Waals surface area contributed by atoms with Gasteiger partial charge in [-0.3, -0.25) is 0 Å². The smallest absolute Gasteiger partial charge is 0.119 e. The second-order valence-corrected chi connectivity index (χ2v) is 5.44. The van der Waals surface area contributed by atoms with Crippen molar-refractivity contribution in [3.05, 3.63) is 29.3 Å². The van der Waals surface area contributed by atoms with Crippen LogP contribution in [0.3, 0.4) is 0 Å². The fourth-order valence-electron chi connectivity index (χ4n) is 3.54. The van der Waals surface area contributed by atoms with Crippen molar-refractivity contribution in [2.45, 2.75) is 37.5 Å². The lowest BCUT2D eigenvalue weighted by molar-refractivity contribution is 0.400. The highest BCUT2D eigenvalue weighted by atomic mass is 16.5. The van der Waals surface area contributed by atoms with Gasteiger partial charge < -0.3 is 10.1 Å². The molecule has 92 valence electrons. The third kappa shape index (κ3) is 1.85. The summed E-state index contributed by atoms with van der Waals surface area (Å²) in [6.45, 7) is 2.26. The molecule has 0 unspecified atom stereocenters. The lowest BCUT2D eigenvalue weighted by Crippen LogP contribution is -2.34. The molecule has 1 aliphatic heterocycles. The Morgan fingerprint density at radius 2 is 2.06 bits per heavy atom. The van der Waals surface area contributed by atoms with E-state index in [1.807, 2.05) is 0 Å². The molecule has 1 spiro atoms. The van der Waals surface area contributed by atoms with Crippen molar-refractivity contribution in [1.29, 1.82) is 0 Å². The highest BCUT2D eigenvalue weighted by Crippen LogP contribution is 2.44. The standard InChI is InChI=1S/C15H21NO/c1-17-13-5-4-12-6-9-16-11-15(14(12)10-13)7-2-3-8-15/h4-5,10,16H,2-3,6-9,11H2,1H3. The number of hydrogen-bond acceptors (Lipinski definition) is 2. The summed E-state index contributed by atoms with van der Waals surface area (Å²) in [5, 5.41) is 3.62. The van der Waals surface area contributed by atoms with E-state index in [1.54, 1.807) is 12.7 Å². The van der Waals surface area contributed by atoms with Gasteiger partial charge in [0.05, 0.1) is 7.11 Å². The number of methoxy groups -OCH3 is 1. The molecule has 1 fully saturated rings. The van der Waals surface area contributed by atoms with E-state index in [1.165, 1.54) is 31.2 Å². The molecule has 1 aromatic carbocycles. The van der Waals surface area contributed by atoms with Crippen LogP contribution >= 0.6 is 0 Å². The second-order valence-electron chi connectivity index (χ2n) is 5.44. The van der Waals surface area contributed by atoms with Crippen molar-refractivity contribution < 1.29 is 4.74 Å². The third-order valence-corrected chi connectivity index (χ3v) is 4.48. The minimum atomic E-state index is 0.389. The van der Waals surface area contributed by atoms with Crippen molar-refractivity contribution in [1.82, 2.24) is 5.32 Å². The van der Waals surface area contributed by atoms with Gasteiger partial charge in [-0.1, -0.05) is 18.9 Å². The maximum atomic E-state index is 5.40. The third-order valence-electron chi connectivity index (χ3n) is 4.48. The number of rotatable bonds is 1.